The lowest BCUT2D eigenvalue weighted by atomic mass is 9.88. The van der Waals surface area contributed by atoms with Gasteiger partial charge in [-0.1, -0.05) is 46.0 Å². The molecule has 4 heteroatoms. The molecule has 1 saturated carbocycles. The molecule has 4 nitrogen and oxygen atoms in total. The second kappa shape index (κ2) is 9.76. The Balaban J connectivity index is 1.73. The van der Waals surface area contributed by atoms with Gasteiger partial charge in [0.2, 0.25) is 5.91 Å². The van der Waals surface area contributed by atoms with Gasteiger partial charge in [-0.15, -0.1) is 0 Å². The third-order valence-electron chi connectivity index (χ3n) is 5.91. The van der Waals surface area contributed by atoms with Crippen LogP contribution in [0.1, 0.15) is 90.9 Å². The van der Waals surface area contributed by atoms with E-state index in [0.29, 0.717) is 18.9 Å². The standard InChI is InChI=1S/C20H38N2O2/c1-3-12-20(24,13-4-2)16-19(23)21-17-10-14-22(15-11-17)18-8-6-5-7-9-18/h17-18,24H,3-16H2,1-2H3,(H,21,23). The van der Waals surface area contributed by atoms with E-state index in [1.807, 2.05) is 0 Å². The number of carbonyl (C=O) groups is 1. The van der Waals surface area contributed by atoms with Crippen molar-refractivity contribution in [3.63, 3.8) is 0 Å². The first-order chi connectivity index (χ1) is 11.6. The van der Waals surface area contributed by atoms with Crippen molar-refractivity contribution in [3.8, 4) is 0 Å². The third-order valence-corrected chi connectivity index (χ3v) is 5.91. The van der Waals surface area contributed by atoms with Gasteiger partial charge in [0.1, 0.15) is 0 Å². The first-order valence-corrected chi connectivity index (χ1v) is 10.3. The van der Waals surface area contributed by atoms with E-state index in [0.717, 1.165) is 44.8 Å². The Hall–Kier alpha value is -0.610. The molecule has 0 atom stereocenters. The van der Waals surface area contributed by atoms with Crippen LogP contribution in [0, 0.1) is 0 Å². The van der Waals surface area contributed by atoms with E-state index in [2.05, 4.69) is 24.1 Å². The number of piperidine rings is 1. The smallest absolute Gasteiger partial charge is 0.223 e. The van der Waals surface area contributed by atoms with Gasteiger partial charge in [-0.2, -0.15) is 0 Å². The number of likely N-dealkylation sites (tertiary alicyclic amines) is 1. The van der Waals surface area contributed by atoms with Crippen LogP contribution in [-0.4, -0.2) is 46.7 Å². The normalized spacial score (nSPS) is 21.8. The molecule has 0 aromatic carbocycles. The molecule has 0 spiro atoms. The number of amides is 1. The van der Waals surface area contributed by atoms with Crippen molar-refractivity contribution in [2.45, 2.75) is 109 Å². The number of carbonyl (C=O) groups excluding carboxylic acids is 1. The minimum Gasteiger partial charge on any atom is -0.389 e. The van der Waals surface area contributed by atoms with Gasteiger partial charge >= 0.3 is 0 Å². The molecule has 1 aliphatic heterocycles. The van der Waals surface area contributed by atoms with Gasteiger partial charge in [-0.05, 0) is 38.5 Å². The van der Waals surface area contributed by atoms with Crippen LogP contribution >= 0.6 is 0 Å². The van der Waals surface area contributed by atoms with Crippen LogP contribution in [0.25, 0.3) is 0 Å². The van der Waals surface area contributed by atoms with Crippen LogP contribution in [-0.2, 0) is 4.79 Å². The average Bonchev–Trinajstić information content (AvgIpc) is 2.56. The van der Waals surface area contributed by atoms with E-state index in [9.17, 15) is 9.90 Å². The average molecular weight is 339 g/mol. The topological polar surface area (TPSA) is 52.6 Å². The molecule has 1 amide bonds. The number of nitrogens with one attached hydrogen (secondary N) is 1. The zero-order valence-electron chi connectivity index (χ0n) is 15.9. The summed E-state index contributed by atoms with van der Waals surface area (Å²) in [5.74, 6) is 0.0375. The predicted octanol–water partition coefficient (Wildman–Crippen LogP) is 3.62. The van der Waals surface area contributed by atoms with E-state index >= 15 is 0 Å². The first-order valence-electron chi connectivity index (χ1n) is 10.3. The van der Waals surface area contributed by atoms with Crippen LogP contribution in [0.15, 0.2) is 0 Å². The summed E-state index contributed by atoms with van der Waals surface area (Å²) in [6, 6.07) is 1.08. The SMILES string of the molecule is CCCC(O)(CCC)CC(=O)NC1CCN(C2CCCCC2)CC1. The number of hydrogen-bond donors (Lipinski definition) is 2. The molecule has 0 unspecified atom stereocenters. The third kappa shape index (κ3) is 6.03. The molecule has 2 aliphatic rings. The predicted molar refractivity (Wildman–Crippen MR) is 99.0 cm³/mol. The van der Waals surface area contributed by atoms with Crippen molar-refractivity contribution in [1.82, 2.24) is 10.2 Å². The molecule has 1 aliphatic carbocycles. The highest BCUT2D eigenvalue weighted by atomic mass is 16.3. The highest BCUT2D eigenvalue weighted by molar-refractivity contribution is 5.77. The lowest BCUT2D eigenvalue weighted by molar-refractivity contribution is -0.127. The van der Waals surface area contributed by atoms with E-state index < -0.39 is 5.60 Å². The van der Waals surface area contributed by atoms with Crippen LogP contribution in [0.4, 0.5) is 0 Å². The number of hydrogen-bond acceptors (Lipinski definition) is 3. The van der Waals surface area contributed by atoms with E-state index in [4.69, 9.17) is 0 Å². The molecule has 24 heavy (non-hydrogen) atoms. The Morgan fingerprint density at radius 3 is 2.17 bits per heavy atom. The Morgan fingerprint density at radius 2 is 1.62 bits per heavy atom. The lowest BCUT2D eigenvalue weighted by Gasteiger charge is -2.39. The Kier molecular flexibility index (Phi) is 8.02. The second-order valence-electron chi connectivity index (χ2n) is 8.07. The molecule has 140 valence electrons. The van der Waals surface area contributed by atoms with Gasteiger partial charge in [-0.25, -0.2) is 0 Å². The highest BCUT2D eigenvalue weighted by Crippen LogP contribution is 2.26. The van der Waals surface area contributed by atoms with Gasteiger partial charge < -0.3 is 15.3 Å². The zero-order chi connectivity index (χ0) is 17.4. The Bertz CT molecular complexity index is 366. The highest BCUT2D eigenvalue weighted by Gasteiger charge is 2.31. The van der Waals surface area contributed by atoms with Gasteiger partial charge in [-0.3, -0.25) is 4.79 Å². The van der Waals surface area contributed by atoms with Crippen molar-refractivity contribution in [2.24, 2.45) is 0 Å². The van der Waals surface area contributed by atoms with Gasteiger partial charge in [0.05, 0.1) is 12.0 Å². The summed E-state index contributed by atoms with van der Waals surface area (Å²) in [5.41, 5.74) is -0.809. The molecular weight excluding hydrogens is 300 g/mol. The van der Waals surface area contributed by atoms with E-state index in [1.165, 1.54) is 32.1 Å². The van der Waals surface area contributed by atoms with E-state index in [-0.39, 0.29) is 12.3 Å². The lowest BCUT2D eigenvalue weighted by Crippen LogP contribution is -2.49. The molecule has 2 rings (SSSR count). The van der Waals surface area contributed by atoms with Crippen molar-refractivity contribution in [2.75, 3.05) is 13.1 Å². The molecule has 0 aromatic rings. The van der Waals surface area contributed by atoms with Crippen LogP contribution in [0.2, 0.25) is 0 Å². The molecule has 2 fully saturated rings. The molecule has 0 radical (unpaired) electrons. The number of aliphatic hydroxyl groups is 1. The number of rotatable bonds is 8. The molecule has 2 N–H and O–H groups in total. The van der Waals surface area contributed by atoms with Crippen molar-refractivity contribution < 1.29 is 9.90 Å². The fourth-order valence-electron chi connectivity index (χ4n) is 4.67. The maximum Gasteiger partial charge on any atom is 0.223 e. The number of nitrogens with zero attached hydrogens (tertiary/aromatic N) is 1. The van der Waals surface area contributed by atoms with Gasteiger partial charge in [0.15, 0.2) is 0 Å². The molecule has 1 saturated heterocycles. The van der Waals surface area contributed by atoms with Crippen molar-refractivity contribution in [3.05, 3.63) is 0 Å². The minimum absolute atomic E-state index is 0.0375. The van der Waals surface area contributed by atoms with Crippen LogP contribution in [0.3, 0.4) is 0 Å². The minimum atomic E-state index is -0.809. The molecule has 1 heterocycles. The summed E-state index contributed by atoms with van der Waals surface area (Å²) in [4.78, 5) is 15.0. The van der Waals surface area contributed by atoms with E-state index in [1.54, 1.807) is 0 Å². The monoisotopic (exact) mass is 338 g/mol. The quantitative estimate of drug-likeness (QED) is 0.711. The van der Waals surface area contributed by atoms with Crippen molar-refractivity contribution >= 4 is 5.91 Å². The van der Waals surface area contributed by atoms with Gasteiger partial charge in [0, 0.05) is 25.2 Å². The largest absolute Gasteiger partial charge is 0.389 e. The summed E-state index contributed by atoms with van der Waals surface area (Å²) >= 11 is 0. The fourth-order valence-corrected chi connectivity index (χ4v) is 4.67. The van der Waals surface area contributed by atoms with Gasteiger partial charge in [0.25, 0.3) is 0 Å². The fraction of sp³-hybridized carbons (Fsp3) is 0.950. The zero-order valence-corrected chi connectivity index (χ0v) is 15.9. The Labute approximate surface area is 148 Å². The molecular formula is C20H38N2O2. The summed E-state index contributed by atoms with van der Waals surface area (Å²) in [7, 11) is 0. The second-order valence-corrected chi connectivity index (χ2v) is 8.07. The maximum absolute atomic E-state index is 12.4. The summed E-state index contributed by atoms with van der Waals surface area (Å²) in [6.07, 6.45) is 12.5. The maximum atomic E-state index is 12.4. The Morgan fingerprint density at radius 1 is 1.04 bits per heavy atom. The van der Waals surface area contributed by atoms with Crippen LogP contribution < -0.4 is 5.32 Å². The summed E-state index contributed by atoms with van der Waals surface area (Å²) in [5, 5.41) is 13.8. The molecule has 0 bridgehead atoms. The molecule has 0 aromatic heterocycles. The van der Waals surface area contributed by atoms with Crippen molar-refractivity contribution in [1.29, 1.82) is 0 Å². The summed E-state index contributed by atoms with van der Waals surface area (Å²) in [6.45, 7) is 6.37. The van der Waals surface area contributed by atoms with Crippen LogP contribution in [0.5, 0.6) is 0 Å². The summed E-state index contributed by atoms with van der Waals surface area (Å²) < 4.78 is 0. The first kappa shape index (κ1) is 19.7.